The van der Waals surface area contributed by atoms with Crippen LogP contribution in [0.15, 0.2) is 24.5 Å². The quantitative estimate of drug-likeness (QED) is 0.532. The number of hydrogen-bond donors (Lipinski definition) is 1. The Bertz CT molecular complexity index is 1040. The molecule has 0 amide bonds. The van der Waals surface area contributed by atoms with E-state index in [0.717, 1.165) is 65.3 Å². The summed E-state index contributed by atoms with van der Waals surface area (Å²) in [5, 5.41) is 5.20. The number of fused-ring (bicyclic) bond motifs is 3. The second-order valence-corrected chi connectivity index (χ2v) is 9.16. The first-order valence-electron chi connectivity index (χ1n) is 11.1. The number of carbonyl (C=O) groups is 1. The molecule has 0 radical (unpaired) electrons. The van der Waals surface area contributed by atoms with Gasteiger partial charge in [0, 0.05) is 40.8 Å². The summed E-state index contributed by atoms with van der Waals surface area (Å²) in [6, 6.07) is 6.63. The van der Waals surface area contributed by atoms with Crippen LogP contribution in [0.5, 0.6) is 0 Å². The Hall–Kier alpha value is -1.80. The van der Waals surface area contributed by atoms with Crippen molar-refractivity contribution in [1.29, 1.82) is 0 Å². The first-order valence-corrected chi connectivity index (χ1v) is 12.3. The van der Waals surface area contributed by atoms with Gasteiger partial charge in [-0.05, 0) is 55.5 Å². The molecule has 1 saturated carbocycles. The van der Waals surface area contributed by atoms with E-state index >= 15 is 0 Å². The van der Waals surface area contributed by atoms with Crippen molar-refractivity contribution in [3.63, 3.8) is 0 Å². The van der Waals surface area contributed by atoms with E-state index in [0.29, 0.717) is 17.6 Å². The van der Waals surface area contributed by atoms with E-state index < -0.39 is 5.24 Å². The summed E-state index contributed by atoms with van der Waals surface area (Å²) in [7, 11) is 0. The summed E-state index contributed by atoms with van der Waals surface area (Å²) >= 11 is 7.31. The van der Waals surface area contributed by atoms with E-state index in [1.165, 1.54) is 12.8 Å². The van der Waals surface area contributed by atoms with Gasteiger partial charge in [0.25, 0.3) is 5.24 Å². The van der Waals surface area contributed by atoms with Crippen LogP contribution in [0.1, 0.15) is 49.9 Å². The summed E-state index contributed by atoms with van der Waals surface area (Å²) in [5.41, 5.74) is 0.500. The number of nitrogens with one attached hydrogen (secondary N) is 1. The largest absolute Gasteiger partial charge is 0.379 e. The van der Waals surface area contributed by atoms with E-state index in [-0.39, 0.29) is 0 Å². The number of aromatic nitrogens is 2. The molecule has 1 saturated heterocycles. The van der Waals surface area contributed by atoms with Gasteiger partial charge in [-0.1, -0.05) is 13.8 Å². The molecule has 1 aromatic carbocycles. The highest BCUT2D eigenvalue weighted by molar-refractivity contribution is 7.25. The van der Waals surface area contributed by atoms with E-state index in [2.05, 4.69) is 20.2 Å². The van der Waals surface area contributed by atoms with Crippen LogP contribution in [0.3, 0.4) is 0 Å². The maximum absolute atomic E-state index is 11.6. The topological polar surface area (TPSA) is 67.4 Å². The minimum absolute atomic E-state index is 0.401. The minimum atomic E-state index is -0.445. The molecule has 0 unspecified atom stereocenters. The van der Waals surface area contributed by atoms with E-state index in [4.69, 9.17) is 16.3 Å². The van der Waals surface area contributed by atoms with Crippen LogP contribution in [0.4, 0.5) is 5.82 Å². The molecule has 0 atom stereocenters. The standard InChI is InChI=1S/C21H23ClN4O2S.C2H6/c22-19(27)13-1-6-17-16(11-13)18-20(23-12-24-21(18)29-17)25-14-2-4-15(5-3-14)26-7-9-28-10-8-26;1-2/h1,6,11-12,14-15H,2-5,7-10H2,(H,23,24,25);1-2H3. The highest BCUT2D eigenvalue weighted by Gasteiger charge is 2.27. The van der Waals surface area contributed by atoms with Crippen molar-refractivity contribution < 1.29 is 9.53 Å². The van der Waals surface area contributed by atoms with Gasteiger partial charge in [0.1, 0.15) is 17.0 Å². The molecule has 1 aliphatic carbocycles. The van der Waals surface area contributed by atoms with Gasteiger partial charge in [-0.2, -0.15) is 0 Å². The number of anilines is 1. The molecule has 31 heavy (non-hydrogen) atoms. The number of nitrogens with zero attached hydrogens (tertiary/aromatic N) is 3. The van der Waals surface area contributed by atoms with Gasteiger partial charge in [0.2, 0.25) is 0 Å². The molecular weight excluding hydrogens is 432 g/mol. The fraction of sp³-hybridized carbons (Fsp3) is 0.522. The van der Waals surface area contributed by atoms with E-state index in [1.54, 1.807) is 23.7 Å². The molecule has 8 heteroatoms. The van der Waals surface area contributed by atoms with Crippen LogP contribution in [0.25, 0.3) is 20.3 Å². The van der Waals surface area contributed by atoms with Crippen LogP contribution in [0.2, 0.25) is 0 Å². The molecule has 0 spiro atoms. The fourth-order valence-electron chi connectivity index (χ4n) is 4.56. The molecule has 2 aliphatic rings. The van der Waals surface area contributed by atoms with Crippen molar-refractivity contribution in [2.75, 3.05) is 31.6 Å². The third-order valence-corrected chi connectivity index (χ3v) is 7.39. The second kappa shape index (κ2) is 10.2. The Morgan fingerprint density at radius 2 is 1.90 bits per heavy atom. The number of rotatable bonds is 4. The number of ether oxygens (including phenoxy) is 1. The lowest BCUT2D eigenvalue weighted by Gasteiger charge is -2.39. The molecule has 2 aromatic heterocycles. The maximum Gasteiger partial charge on any atom is 0.252 e. The Labute approximate surface area is 192 Å². The summed E-state index contributed by atoms with van der Waals surface area (Å²) < 4.78 is 6.57. The van der Waals surface area contributed by atoms with Gasteiger partial charge in [-0.25, -0.2) is 9.97 Å². The monoisotopic (exact) mass is 460 g/mol. The molecule has 5 rings (SSSR count). The van der Waals surface area contributed by atoms with Gasteiger partial charge in [-0.15, -0.1) is 11.3 Å². The summed E-state index contributed by atoms with van der Waals surface area (Å²) in [6.07, 6.45) is 6.26. The predicted molar refractivity (Wildman–Crippen MR) is 129 cm³/mol. The number of hydrogen-bond acceptors (Lipinski definition) is 7. The normalized spacial score (nSPS) is 22.2. The zero-order valence-electron chi connectivity index (χ0n) is 18.1. The molecule has 3 aromatic rings. The zero-order chi connectivity index (χ0) is 21.8. The molecule has 1 N–H and O–H groups in total. The number of morpholine rings is 1. The number of thiophene rings is 1. The lowest BCUT2D eigenvalue weighted by Crippen LogP contribution is -2.46. The molecule has 6 nitrogen and oxygen atoms in total. The number of benzene rings is 1. The predicted octanol–water partition coefficient (Wildman–Crippen LogP) is 5.31. The average molecular weight is 461 g/mol. The third kappa shape index (κ3) is 4.85. The molecule has 2 fully saturated rings. The second-order valence-electron chi connectivity index (χ2n) is 7.79. The van der Waals surface area contributed by atoms with Gasteiger partial charge < -0.3 is 10.1 Å². The first-order chi connectivity index (χ1) is 15.2. The Balaban J connectivity index is 0.00000112. The lowest BCUT2D eigenvalue weighted by molar-refractivity contribution is 0.00791. The summed E-state index contributed by atoms with van der Waals surface area (Å²) in [4.78, 5) is 24.1. The fourth-order valence-corrected chi connectivity index (χ4v) is 5.70. The van der Waals surface area contributed by atoms with Gasteiger partial charge >= 0.3 is 0 Å². The van der Waals surface area contributed by atoms with Crippen molar-refractivity contribution in [3.05, 3.63) is 30.1 Å². The Kier molecular flexibility index (Phi) is 7.38. The minimum Gasteiger partial charge on any atom is -0.379 e. The lowest BCUT2D eigenvalue weighted by atomic mass is 9.90. The van der Waals surface area contributed by atoms with Crippen LogP contribution in [-0.2, 0) is 4.74 Å². The summed E-state index contributed by atoms with van der Waals surface area (Å²) in [6.45, 7) is 7.82. The van der Waals surface area contributed by atoms with Gasteiger partial charge in [0.15, 0.2) is 0 Å². The van der Waals surface area contributed by atoms with Crippen molar-refractivity contribution in [1.82, 2.24) is 14.9 Å². The Morgan fingerprint density at radius 3 is 2.61 bits per heavy atom. The number of carbonyl (C=O) groups excluding carboxylic acids is 1. The van der Waals surface area contributed by atoms with Crippen LogP contribution < -0.4 is 5.32 Å². The molecule has 166 valence electrons. The van der Waals surface area contributed by atoms with Crippen molar-refractivity contribution in [3.8, 4) is 0 Å². The van der Waals surface area contributed by atoms with Crippen molar-refractivity contribution in [2.24, 2.45) is 0 Å². The zero-order valence-corrected chi connectivity index (χ0v) is 19.6. The highest BCUT2D eigenvalue weighted by Crippen LogP contribution is 2.37. The average Bonchev–Trinajstić information content (AvgIpc) is 3.20. The van der Waals surface area contributed by atoms with Gasteiger partial charge in [-0.3, -0.25) is 9.69 Å². The Morgan fingerprint density at radius 1 is 1.16 bits per heavy atom. The number of halogens is 1. The molecular formula is C23H29ClN4O2S. The van der Waals surface area contributed by atoms with E-state index in [9.17, 15) is 4.79 Å². The highest BCUT2D eigenvalue weighted by atomic mass is 35.5. The van der Waals surface area contributed by atoms with Crippen LogP contribution in [0, 0.1) is 0 Å². The summed E-state index contributed by atoms with van der Waals surface area (Å²) in [5.74, 6) is 0.857. The molecule has 3 heterocycles. The van der Waals surface area contributed by atoms with Crippen molar-refractivity contribution in [2.45, 2.75) is 51.6 Å². The van der Waals surface area contributed by atoms with Crippen LogP contribution in [-0.4, -0.2) is 58.5 Å². The first kappa shape index (κ1) is 22.4. The van der Waals surface area contributed by atoms with Crippen LogP contribution >= 0.6 is 22.9 Å². The van der Waals surface area contributed by atoms with E-state index in [1.807, 2.05) is 26.0 Å². The SMILES string of the molecule is CC.O=C(Cl)c1ccc2sc3ncnc(NC4CCC(N5CCOCC5)CC4)c3c2c1. The smallest absolute Gasteiger partial charge is 0.252 e. The van der Waals surface area contributed by atoms with Gasteiger partial charge in [0.05, 0.1) is 18.6 Å². The maximum atomic E-state index is 11.6. The molecule has 1 aliphatic heterocycles. The van der Waals surface area contributed by atoms with Crippen molar-refractivity contribution >= 4 is 54.3 Å². The third-order valence-electron chi connectivity index (χ3n) is 6.09. The molecule has 0 bridgehead atoms.